The first kappa shape index (κ1) is 16.2. The number of nitrogens with zero attached hydrogens (tertiary/aromatic N) is 1. The molecule has 0 aliphatic rings. The Hall–Kier alpha value is 0.734. The minimum atomic E-state index is -0.641. The molecule has 1 radical (unpaired) electrons. The second-order valence-electron chi connectivity index (χ2n) is 3.34. The molecule has 3 heteroatoms. The van der Waals surface area contributed by atoms with Gasteiger partial charge in [-0.1, -0.05) is 26.7 Å². The first-order chi connectivity index (χ1) is 5.60. The van der Waals surface area contributed by atoms with Gasteiger partial charge >= 0.3 is 0 Å². The molecular weight excluding hydrogens is 239 g/mol. The molecule has 13 heavy (non-hydrogen) atoms. The molecule has 0 fully saturated rings. The topological polar surface area (TPSA) is 32.6 Å². The molecule has 0 aromatic rings. The number of rotatable bonds is 5. The molecular formula is C10H21NOY. The Morgan fingerprint density at radius 1 is 1.23 bits per heavy atom. The second kappa shape index (κ2) is 8.08. The van der Waals surface area contributed by atoms with Gasteiger partial charge in [0.05, 0.1) is 0 Å². The number of hydrogen-bond donors (Lipinski definition) is 1. The molecule has 0 amide bonds. The van der Waals surface area contributed by atoms with E-state index < -0.39 is 5.60 Å². The number of hydrogen-bond acceptors (Lipinski definition) is 2. The maximum Gasteiger partial charge on any atom is 0.102 e. The van der Waals surface area contributed by atoms with Crippen LogP contribution in [0.15, 0.2) is 4.99 Å². The average Bonchev–Trinajstić information content (AvgIpc) is 2.04. The normalized spacial score (nSPS) is 12.5. The van der Waals surface area contributed by atoms with E-state index >= 15 is 0 Å². The Morgan fingerprint density at radius 2 is 1.62 bits per heavy atom. The standard InChI is InChI=1S/C10H21NO.Y/c1-5-7-10(12,8-6-2)9(3)11-4;/h12H,5-8H2,1-4H3;. The van der Waals surface area contributed by atoms with Gasteiger partial charge in [-0.3, -0.25) is 4.99 Å². The maximum atomic E-state index is 10.1. The monoisotopic (exact) mass is 260 g/mol. The van der Waals surface area contributed by atoms with E-state index in [1.54, 1.807) is 7.05 Å². The van der Waals surface area contributed by atoms with Gasteiger partial charge in [-0.05, 0) is 19.8 Å². The molecule has 0 rings (SSSR count). The van der Waals surface area contributed by atoms with Gasteiger partial charge < -0.3 is 5.11 Å². The van der Waals surface area contributed by atoms with Crippen molar-refractivity contribution in [2.45, 2.75) is 52.1 Å². The van der Waals surface area contributed by atoms with Gasteiger partial charge in [0.1, 0.15) is 5.60 Å². The first-order valence-electron chi connectivity index (χ1n) is 4.77. The molecule has 0 unspecified atom stereocenters. The van der Waals surface area contributed by atoms with Crippen molar-refractivity contribution in [2.24, 2.45) is 4.99 Å². The van der Waals surface area contributed by atoms with E-state index in [4.69, 9.17) is 0 Å². The van der Waals surface area contributed by atoms with Crippen molar-refractivity contribution < 1.29 is 37.8 Å². The molecule has 0 atom stereocenters. The van der Waals surface area contributed by atoms with Crippen molar-refractivity contribution in [3.63, 3.8) is 0 Å². The van der Waals surface area contributed by atoms with Crippen LogP contribution in [0.3, 0.4) is 0 Å². The van der Waals surface area contributed by atoms with Crippen LogP contribution >= 0.6 is 0 Å². The molecule has 0 heterocycles. The summed E-state index contributed by atoms with van der Waals surface area (Å²) in [6.07, 6.45) is 3.65. The van der Waals surface area contributed by atoms with Crippen molar-refractivity contribution in [3.05, 3.63) is 0 Å². The third-order valence-corrected chi connectivity index (χ3v) is 2.34. The van der Waals surface area contributed by atoms with Gasteiger partial charge in [-0.2, -0.15) is 0 Å². The average molecular weight is 260 g/mol. The largest absolute Gasteiger partial charge is 0.384 e. The molecule has 0 bridgehead atoms. The van der Waals surface area contributed by atoms with Crippen LogP contribution in [-0.4, -0.2) is 23.5 Å². The molecule has 0 aromatic carbocycles. The predicted octanol–water partition coefficient (Wildman–Crippen LogP) is 2.41. The minimum absolute atomic E-state index is 0. The number of aliphatic hydroxyl groups is 1. The van der Waals surface area contributed by atoms with Crippen molar-refractivity contribution in [2.75, 3.05) is 7.05 Å². The predicted molar refractivity (Wildman–Crippen MR) is 53.8 cm³/mol. The Morgan fingerprint density at radius 3 is 1.85 bits per heavy atom. The van der Waals surface area contributed by atoms with E-state index in [0.29, 0.717) is 0 Å². The van der Waals surface area contributed by atoms with E-state index in [2.05, 4.69) is 18.8 Å². The van der Waals surface area contributed by atoms with E-state index in [1.807, 2.05) is 6.92 Å². The van der Waals surface area contributed by atoms with Crippen LogP contribution in [0.4, 0.5) is 0 Å². The summed E-state index contributed by atoms with van der Waals surface area (Å²) in [4.78, 5) is 4.06. The fourth-order valence-electron chi connectivity index (χ4n) is 1.52. The van der Waals surface area contributed by atoms with Crippen LogP contribution in [-0.2, 0) is 32.7 Å². The zero-order valence-corrected chi connectivity index (χ0v) is 12.1. The molecule has 2 nitrogen and oxygen atoms in total. The first-order valence-corrected chi connectivity index (χ1v) is 4.77. The van der Waals surface area contributed by atoms with Gasteiger partial charge in [0.2, 0.25) is 0 Å². The summed E-state index contributed by atoms with van der Waals surface area (Å²) in [5, 5.41) is 10.1. The van der Waals surface area contributed by atoms with Gasteiger partial charge in [-0.25, -0.2) is 0 Å². The summed E-state index contributed by atoms with van der Waals surface area (Å²) in [5.74, 6) is 0. The van der Waals surface area contributed by atoms with Crippen LogP contribution in [0.25, 0.3) is 0 Å². The van der Waals surface area contributed by atoms with Gasteiger partial charge in [0.15, 0.2) is 0 Å². The summed E-state index contributed by atoms with van der Waals surface area (Å²) in [6.45, 7) is 6.08. The van der Waals surface area contributed by atoms with E-state index in [1.165, 1.54) is 0 Å². The van der Waals surface area contributed by atoms with Crippen LogP contribution in [0, 0.1) is 0 Å². The minimum Gasteiger partial charge on any atom is -0.384 e. The molecule has 75 valence electrons. The molecule has 0 aromatic heterocycles. The maximum absolute atomic E-state index is 10.1. The van der Waals surface area contributed by atoms with Gasteiger partial charge in [0, 0.05) is 45.5 Å². The summed E-state index contributed by atoms with van der Waals surface area (Å²) in [6, 6.07) is 0. The zero-order chi connectivity index (χ0) is 9.61. The smallest absolute Gasteiger partial charge is 0.102 e. The van der Waals surface area contributed by atoms with Crippen molar-refractivity contribution in [3.8, 4) is 0 Å². The molecule has 1 N–H and O–H groups in total. The molecule has 0 saturated heterocycles. The SMILES string of the molecule is CCCC(O)(CCC)C(C)=NC.[Y]. The van der Waals surface area contributed by atoms with Crippen molar-refractivity contribution in [1.82, 2.24) is 0 Å². The quantitative estimate of drug-likeness (QED) is 0.756. The van der Waals surface area contributed by atoms with Gasteiger partial charge in [-0.15, -0.1) is 0 Å². The van der Waals surface area contributed by atoms with Crippen molar-refractivity contribution in [1.29, 1.82) is 0 Å². The number of aliphatic imine (C=N–C) groups is 1. The molecule has 0 aliphatic heterocycles. The Labute approximate surface area is 107 Å². The Bertz CT molecular complexity index is 151. The summed E-state index contributed by atoms with van der Waals surface area (Å²) in [7, 11) is 1.74. The van der Waals surface area contributed by atoms with Crippen molar-refractivity contribution >= 4 is 5.71 Å². The van der Waals surface area contributed by atoms with Gasteiger partial charge in [0.25, 0.3) is 0 Å². The second-order valence-corrected chi connectivity index (χ2v) is 3.34. The summed E-state index contributed by atoms with van der Waals surface area (Å²) < 4.78 is 0. The Kier molecular flexibility index (Phi) is 10.0. The third-order valence-electron chi connectivity index (χ3n) is 2.34. The fourth-order valence-corrected chi connectivity index (χ4v) is 1.52. The fraction of sp³-hybridized carbons (Fsp3) is 0.900. The van der Waals surface area contributed by atoms with Crippen LogP contribution < -0.4 is 0 Å². The van der Waals surface area contributed by atoms with E-state index in [-0.39, 0.29) is 32.7 Å². The van der Waals surface area contributed by atoms with E-state index in [0.717, 1.165) is 31.4 Å². The Balaban J connectivity index is 0. The molecule has 0 spiro atoms. The summed E-state index contributed by atoms with van der Waals surface area (Å²) >= 11 is 0. The molecule has 0 aliphatic carbocycles. The third kappa shape index (κ3) is 5.24. The van der Waals surface area contributed by atoms with Crippen LogP contribution in [0.5, 0.6) is 0 Å². The molecule has 0 saturated carbocycles. The summed E-state index contributed by atoms with van der Waals surface area (Å²) in [5.41, 5.74) is 0.226. The van der Waals surface area contributed by atoms with Crippen LogP contribution in [0.1, 0.15) is 46.5 Å². The van der Waals surface area contributed by atoms with Crippen LogP contribution in [0.2, 0.25) is 0 Å². The van der Waals surface area contributed by atoms with E-state index in [9.17, 15) is 5.11 Å². The zero-order valence-electron chi connectivity index (χ0n) is 9.30.